The van der Waals surface area contributed by atoms with E-state index in [0.717, 1.165) is 18.4 Å². The van der Waals surface area contributed by atoms with Crippen molar-refractivity contribution < 1.29 is 10.0 Å². The van der Waals surface area contributed by atoms with Crippen molar-refractivity contribution in [3.63, 3.8) is 0 Å². The van der Waals surface area contributed by atoms with E-state index < -0.39 is 0 Å². The van der Waals surface area contributed by atoms with Gasteiger partial charge in [-0.15, -0.1) is 0 Å². The molecule has 0 aliphatic carbocycles. The minimum absolute atomic E-state index is 0.0635. The SMILES string of the molecule is CCC(CC)(CO)NCc1cccc([N+](=O)[O-])c1C. The topological polar surface area (TPSA) is 75.4 Å². The summed E-state index contributed by atoms with van der Waals surface area (Å²) in [6.45, 7) is 6.39. The molecule has 0 aromatic heterocycles. The molecule has 0 saturated heterocycles. The van der Waals surface area contributed by atoms with Crippen LogP contribution in [-0.2, 0) is 6.54 Å². The maximum atomic E-state index is 10.9. The molecular weight excluding hydrogens is 244 g/mol. The van der Waals surface area contributed by atoms with Gasteiger partial charge in [0.2, 0.25) is 0 Å². The van der Waals surface area contributed by atoms with E-state index in [2.05, 4.69) is 5.32 Å². The Balaban J connectivity index is 2.89. The number of hydrogen-bond acceptors (Lipinski definition) is 4. The quantitative estimate of drug-likeness (QED) is 0.587. The Morgan fingerprint density at radius 1 is 1.37 bits per heavy atom. The molecular formula is C14H22N2O3. The third-order valence-electron chi connectivity index (χ3n) is 3.92. The number of hydrogen-bond donors (Lipinski definition) is 2. The van der Waals surface area contributed by atoms with Gasteiger partial charge in [0.1, 0.15) is 0 Å². The van der Waals surface area contributed by atoms with Crippen molar-refractivity contribution >= 4 is 5.69 Å². The molecule has 19 heavy (non-hydrogen) atoms. The van der Waals surface area contributed by atoms with E-state index in [-0.39, 0.29) is 22.8 Å². The summed E-state index contributed by atoms with van der Waals surface area (Å²) in [4.78, 5) is 10.5. The molecule has 1 aromatic rings. The van der Waals surface area contributed by atoms with Gasteiger partial charge in [-0.3, -0.25) is 10.1 Å². The first kappa shape index (κ1) is 15.6. The molecule has 1 aromatic carbocycles. The van der Waals surface area contributed by atoms with Crippen molar-refractivity contribution in [3.8, 4) is 0 Å². The van der Waals surface area contributed by atoms with Gasteiger partial charge < -0.3 is 10.4 Å². The molecule has 0 fully saturated rings. The summed E-state index contributed by atoms with van der Waals surface area (Å²) < 4.78 is 0. The van der Waals surface area contributed by atoms with Gasteiger partial charge in [0, 0.05) is 23.7 Å². The van der Waals surface area contributed by atoms with Crippen molar-refractivity contribution in [1.29, 1.82) is 0 Å². The van der Waals surface area contributed by atoms with Crippen LogP contribution in [0.4, 0.5) is 5.69 Å². The van der Waals surface area contributed by atoms with Crippen LogP contribution in [0, 0.1) is 17.0 Å². The normalized spacial score (nSPS) is 11.6. The standard InChI is InChI=1S/C14H22N2O3/c1-4-14(5-2,10-17)15-9-12-7-6-8-13(11(12)3)16(18)19/h6-8,15,17H,4-5,9-10H2,1-3H3. The van der Waals surface area contributed by atoms with Gasteiger partial charge in [0.05, 0.1) is 11.5 Å². The number of rotatable bonds is 7. The first-order valence-electron chi connectivity index (χ1n) is 6.58. The van der Waals surface area contributed by atoms with Crippen LogP contribution in [0.15, 0.2) is 18.2 Å². The van der Waals surface area contributed by atoms with Gasteiger partial charge in [-0.1, -0.05) is 26.0 Å². The molecule has 0 radical (unpaired) electrons. The van der Waals surface area contributed by atoms with Gasteiger partial charge in [0.15, 0.2) is 0 Å². The smallest absolute Gasteiger partial charge is 0.272 e. The largest absolute Gasteiger partial charge is 0.394 e. The lowest BCUT2D eigenvalue weighted by Crippen LogP contribution is -2.47. The predicted octanol–water partition coefficient (Wildman–Crippen LogP) is 2.54. The Kier molecular flexibility index (Phi) is 5.44. The highest BCUT2D eigenvalue weighted by atomic mass is 16.6. The number of aliphatic hydroxyl groups excluding tert-OH is 1. The predicted molar refractivity (Wildman–Crippen MR) is 75.1 cm³/mol. The molecule has 5 nitrogen and oxygen atoms in total. The molecule has 0 aliphatic heterocycles. The van der Waals surface area contributed by atoms with Crippen LogP contribution in [0.2, 0.25) is 0 Å². The lowest BCUT2D eigenvalue weighted by molar-refractivity contribution is -0.385. The van der Waals surface area contributed by atoms with Crippen molar-refractivity contribution in [2.45, 2.75) is 45.7 Å². The fraction of sp³-hybridized carbons (Fsp3) is 0.571. The fourth-order valence-corrected chi connectivity index (χ4v) is 2.12. The molecule has 0 amide bonds. The number of nitrogens with zero attached hydrogens (tertiary/aromatic N) is 1. The van der Waals surface area contributed by atoms with E-state index in [9.17, 15) is 15.2 Å². The monoisotopic (exact) mass is 266 g/mol. The minimum Gasteiger partial charge on any atom is -0.394 e. The van der Waals surface area contributed by atoms with Crippen molar-refractivity contribution in [2.24, 2.45) is 0 Å². The molecule has 0 saturated carbocycles. The van der Waals surface area contributed by atoms with Crippen LogP contribution in [0.1, 0.15) is 37.8 Å². The summed E-state index contributed by atoms with van der Waals surface area (Å²) in [5.74, 6) is 0. The fourth-order valence-electron chi connectivity index (χ4n) is 2.12. The zero-order valence-corrected chi connectivity index (χ0v) is 11.8. The number of nitro groups is 1. The third-order valence-corrected chi connectivity index (χ3v) is 3.92. The summed E-state index contributed by atoms with van der Waals surface area (Å²) in [6.07, 6.45) is 1.63. The van der Waals surface area contributed by atoms with Crippen LogP contribution >= 0.6 is 0 Å². The van der Waals surface area contributed by atoms with Gasteiger partial charge in [-0.2, -0.15) is 0 Å². The van der Waals surface area contributed by atoms with Crippen LogP contribution < -0.4 is 5.32 Å². The van der Waals surface area contributed by atoms with E-state index in [1.54, 1.807) is 13.0 Å². The van der Waals surface area contributed by atoms with E-state index in [1.165, 1.54) is 6.07 Å². The van der Waals surface area contributed by atoms with E-state index in [4.69, 9.17) is 0 Å². The van der Waals surface area contributed by atoms with Gasteiger partial charge in [-0.25, -0.2) is 0 Å². The molecule has 0 bridgehead atoms. The van der Waals surface area contributed by atoms with Gasteiger partial charge in [0.25, 0.3) is 5.69 Å². The van der Waals surface area contributed by atoms with E-state index in [1.807, 2.05) is 19.9 Å². The molecule has 106 valence electrons. The molecule has 0 unspecified atom stereocenters. The summed E-state index contributed by atoms with van der Waals surface area (Å²) in [5, 5.41) is 23.7. The number of aliphatic hydroxyl groups is 1. The number of nitro benzene ring substituents is 1. The molecule has 2 N–H and O–H groups in total. The summed E-state index contributed by atoms with van der Waals surface area (Å²) in [5.41, 5.74) is 1.41. The van der Waals surface area contributed by atoms with Crippen molar-refractivity contribution in [2.75, 3.05) is 6.61 Å². The van der Waals surface area contributed by atoms with Crippen LogP contribution in [0.3, 0.4) is 0 Å². The Hall–Kier alpha value is -1.46. The Labute approximate surface area is 113 Å². The Morgan fingerprint density at radius 3 is 2.47 bits per heavy atom. The van der Waals surface area contributed by atoms with Crippen LogP contribution in [0.25, 0.3) is 0 Å². The number of benzene rings is 1. The van der Waals surface area contributed by atoms with Gasteiger partial charge >= 0.3 is 0 Å². The Bertz CT molecular complexity index is 434. The average molecular weight is 266 g/mol. The second kappa shape index (κ2) is 6.63. The van der Waals surface area contributed by atoms with E-state index >= 15 is 0 Å². The second-order valence-electron chi connectivity index (χ2n) is 4.82. The molecule has 0 atom stereocenters. The molecule has 0 spiro atoms. The highest BCUT2D eigenvalue weighted by Gasteiger charge is 2.24. The average Bonchev–Trinajstić information content (AvgIpc) is 2.42. The maximum Gasteiger partial charge on any atom is 0.272 e. The summed E-state index contributed by atoms with van der Waals surface area (Å²) in [6, 6.07) is 5.08. The Morgan fingerprint density at radius 2 is 2.00 bits per heavy atom. The van der Waals surface area contributed by atoms with E-state index in [0.29, 0.717) is 12.1 Å². The highest BCUT2D eigenvalue weighted by Crippen LogP contribution is 2.22. The molecule has 1 rings (SSSR count). The van der Waals surface area contributed by atoms with Crippen molar-refractivity contribution in [3.05, 3.63) is 39.4 Å². The highest BCUT2D eigenvalue weighted by molar-refractivity contribution is 5.44. The minimum atomic E-state index is -0.363. The first-order valence-corrected chi connectivity index (χ1v) is 6.58. The van der Waals surface area contributed by atoms with Gasteiger partial charge in [-0.05, 0) is 25.3 Å². The second-order valence-corrected chi connectivity index (χ2v) is 4.82. The lowest BCUT2D eigenvalue weighted by Gasteiger charge is -2.31. The van der Waals surface area contributed by atoms with Crippen molar-refractivity contribution in [1.82, 2.24) is 5.32 Å². The summed E-state index contributed by atoms with van der Waals surface area (Å²) >= 11 is 0. The molecule has 0 aliphatic rings. The third kappa shape index (κ3) is 3.52. The van der Waals surface area contributed by atoms with Crippen LogP contribution in [-0.4, -0.2) is 22.2 Å². The molecule has 5 heteroatoms. The molecule has 0 heterocycles. The maximum absolute atomic E-state index is 10.9. The first-order chi connectivity index (χ1) is 8.99. The van der Waals surface area contributed by atoms with Crippen LogP contribution in [0.5, 0.6) is 0 Å². The zero-order valence-electron chi connectivity index (χ0n) is 11.8. The zero-order chi connectivity index (χ0) is 14.5. The number of nitrogens with one attached hydrogen (secondary N) is 1. The lowest BCUT2D eigenvalue weighted by atomic mass is 9.93. The summed E-state index contributed by atoms with van der Waals surface area (Å²) in [7, 11) is 0.